The van der Waals surface area contributed by atoms with Crippen LogP contribution >= 0.6 is 11.6 Å². The largest absolute Gasteiger partial charge is 0.493 e. The lowest BCUT2D eigenvalue weighted by atomic mass is 9.80. The number of aliphatic hydroxyl groups excluding tert-OH is 4. The second-order valence-electron chi connectivity index (χ2n) is 13.3. The number of nitrogens with zero attached hydrogens (tertiary/aromatic N) is 3. The van der Waals surface area contributed by atoms with Gasteiger partial charge in [0.2, 0.25) is 5.91 Å². The molecule has 3 heterocycles. The second-order valence-corrected chi connectivity index (χ2v) is 13.7. The number of allylic oxidation sites excluding steroid dienone is 2. The topological polar surface area (TPSA) is 138 Å². The zero-order chi connectivity index (χ0) is 32.1. The number of fused-ring (bicyclic) bond motifs is 2. The van der Waals surface area contributed by atoms with Gasteiger partial charge in [0.25, 0.3) is 0 Å². The van der Waals surface area contributed by atoms with Gasteiger partial charge in [-0.25, -0.2) is 9.38 Å². The van der Waals surface area contributed by atoms with E-state index in [0.29, 0.717) is 43.5 Å². The van der Waals surface area contributed by atoms with Crippen LogP contribution in [-0.2, 0) is 11.2 Å². The van der Waals surface area contributed by atoms with Crippen LogP contribution < -0.4 is 10.1 Å². The van der Waals surface area contributed by atoms with Gasteiger partial charge in [-0.15, -0.1) is 0 Å². The van der Waals surface area contributed by atoms with Crippen molar-refractivity contribution in [2.24, 2.45) is 22.2 Å². The van der Waals surface area contributed by atoms with Gasteiger partial charge in [-0.3, -0.25) is 4.79 Å². The van der Waals surface area contributed by atoms with Crippen LogP contribution in [0.25, 0.3) is 0 Å². The number of carbonyl (C=O) groups is 1. The lowest BCUT2D eigenvalue weighted by Gasteiger charge is -2.40. The fourth-order valence-corrected chi connectivity index (χ4v) is 7.42. The van der Waals surface area contributed by atoms with E-state index in [1.54, 1.807) is 17.0 Å². The van der Waals surface area contributed by atoms with Gasteiger partial charge in [0.1, 0.15) is 29.6 Å². The summed E-state index contributed by atoms with van der Waals surface area (Å²) in [5.41, 5.74) is 1.55. The Morgan fingerprint density at radius 1 is 1.18 bits per heavy atom. The summed E-state index contributed by atoms with van der Waals surface area (Å²) in [5.74, 6) is 1.96. The molecule has 1 aliphatic carbocycles. The van der Waals surface area contributed by atoms with Crippen molar-refractivity contribution in [1.29, 1.82) is 0 Å². The van der Waals surface area contributed by atoms with Crippen LogP contribution in [0.15, 0.2) is 33.9 Å². The number of amides is 1. The van der Waals surface area contributed by atoms with Gasteiger partial charge < -0.3 is 40.3 Å². The molecule has 0 saturated carbocycles. The summed E-state index contributed by atoms with van der Waals surface area (Å²) in [4.78, 5) is 21.7. The number of hydrogen-bond acceptors (Lipinski definition) is 9. The lowest BCUT2D eigenvalue weighted by molar-refractivity contribution is -0.136. The molecule has 3 aliphatic heterocycles. The third-order valence-electron chi connectivity index (χ3n) is 10.1. The minimum Gasteiger partial charge on any atom is -0.493 e. The molecular formula is C33H48ClFN4O6. The van der Waals surface area contributed by atoms with Gasteiger partial charge in [0.15, 0.2) is 0 Å². The molecule has 1 unspecified atom stereocenters. The first kappa shape index (κ1) is 34.1. The van der Waals surface area contributed by atoms with E-state index in [-0.39, 0.29) is 30.2 Å². The van der Waals surface area contributed by atoms with E-state index in [2.05, 4.69) is 17.1 Å². The molecule has 2 saturated heterocycles. The van der Waals surface area contributed by atoms with Gasteiger partial charge in [0.05, 0.1) is 31.4 Å². The summed E-state index contributed by atoms with van der Waals surface area (Å²) in [7, 11) is 0. The average Bonchev–Trinajstić information content (AvgIpc) is 3.56. The van der Waals surface area contributed by atoms with Crippen molar-refractivity contribution in [3.63, 3.8) is 0 Å². The Bertz CT molecular complexity index is 1250. The highest BCUT2D eigenvalue weighted by atomic mass is 35.5. The Hall–Kier alpha value is -2.28. The minimum atomic E-state index is -1.44. The maximum atomic E-state index is 14.8. The molecule has 1 aromatic rings. The number of likely N-dealkylation sites (tertiary alicyclic amines) is 2. The summed E-state index contributed by atoms with van der Waals surface area (Å²) in [6, 6.07) is 4.70. The number of amidine groups is 1. The summed E-state index contributed by atoms with van der Waals surface area (Å²) >= 11 is 6.40. The van der Waals surface area contributed by atoms with Gasteiger partial charge in [-0.1, -0.05) is 24.6 Å². The Labute approximate surface area is 269 Å². The second kappa shape index (κ2) is 15.1. The zero-order valence-electron chi connectivity index (χ0n) is 26.1. The predicted octanol–water partition coefficient (Wildman–Crippen LogP) is 2.41. The van der Waals surface area contributed by atoms with E-state index in [1.807, 2.05) is 0 Å². The lowest BCUT2D eigenvalue weighted by Crippen LogP contribution is -2.54. The molecule has 1 aromatic carbocycles. The normalized spacial score (nSPS) is 24.1. The maximum absolute atomic E-state index is 14.8. The first-order valence-corrected chi connectivity index (χ1v) is 16.8. The molecule has 4 aliphatic rings. The highest BCUT2D eigenvalue weighted by Gasteiger charge is 2.48. The van der Waals surface area contributed by atoms with Crippen LogP contribution in [0, 0.1) is 23.1 Å². The molecular weight excluding hydrogens is 603 g/mol. The molecule has 0 aromatic heterocycles. The average molecular weight is 651 g/mol. The summed E-state index contributed by atoms with van der Waals surface area (Å²) in [5, 5.41) is 41.8. The molecule has 2 bridgehead atoms. The molecule has 45 heavy (non-hydrogen) atoms. The predicted molar refractivity (Wildman–Crippen MR) is 169 cm³/mol. The van der Waals surface area contributed by atoms with E-state index >= 15 is 0 Å². The molecule has 2 fully saturated rings. The summed E-state index contributed by atoms with van der Waals surface area (Å²) < 4.78 is 20.6. The van der Waals surface area contributed by atoms with Crippen LogP contribution in [0.1, 0.15) is 57.4 Å². The Morgan fingerprint density at radius 3 is 2.60 bits per heavy atom. The molecule has 5 rings (SSSR count). The van der Waals surface area contributed by atoms with Crippen molar-refractivity contribution in [1.82, 2.24) is 15.1 Å². The molecule has 10 nitrogen and oxygen atoms in total. The van der Waals surface area contributed by atoms with Gasteiger partial charge >= 0.3 is 0 Å². The number of halogens is 2. The van der Waals surface area contributed by atoms with Crippen molar-refractivity contribution in [2.75, 3.05) is 52.5 Å². The quantitative estimate of drug-likeness (QED) is 0.183. The van der Waals surface area contributed by atoms with Crippen molar-refractivity contribution in [3.05, 3.63) is 40.3 Å². The van der Waals surface area contributed by atoms with Crippen LogP contribution in [0.3, 0.4) is 0 Å². The third kappa shape index (κ3) is 8.00. The molecule has 5 N–H and O–H groups in total. The molecule has 250 valence electrons. The number of hydrogen-bond donors (Lipinski definition) is 5. The van der Waals surface area contributed by atoms with Crippen LogP contribution in [0.2, 0.25) is 0 Å². The third-order valence-corrected chi connectivity index (χ3v) is 10.4. The van der Waals surface area contributed by atoms with Gasteiger partial charge in [-0.2, -0.15) is 0 Å². The Balaban J connectivity index is 0.952. The van der Waals surface area contributed by atoms with E-state index in [4.69, 9.17) is 26.4 Å². The molecule has 0 radical (unpaired) electrons. The number of ether oxygens (including phenoxy) is 1. The number of aliphatic hydroxyl groups is 4. The highest BCUT2D eigenvalue weighted by Crippen LogP contribution is 2.53. The van der Waals surface area contributed by atoms with E-state index in [9.17, 15) is 24.5 Å². The monoisotopic (exact) mass is 650 g/mol. The van der Waals surface area contributed by atoms with E-state index in [0.717, 1.165) is 68.8 Å². The van der Waals surface area contributed by atoms with Crippen LogP contribution in [-0.4, -0.2) is 113 Å². The fourth-order valence-electron chi connectivity index (χ4n) is 7.05. The number of aliphatic imine (C=N–C) groups is 1. The molecule has 12 heteroatoms. The fraction of sp³-hybridized carbons (Fsp3) is 0.697. The number of rotatable bonds is 15. The smallest absolute Gasteiger partial charge is 0.227 e. The summed E-state index contributed by atoms with van der Waals surface area (Å²) in [6.07, 6.45) is 3.18. The van der Waals surface area contributed by atoms with Crippen molar-refractivity contribution in [2.45, 2.75) is 76.6 Å². The minimum absolute atomic E-state index is 0.0225. The number of benzene rings is 1. The van der Waals surface area contributed by atoms with Gasteiger partial charge in [0, 0.05) is 68.1 Å². The Kier molecular flexibility index (Phi) is 11.4. The van der Waals surface area contributed by atoms with E-state index in [1.165, 1.54) is 11.9 Å². The summed E-state index contributed by atoms with van der Waals surface area (Å²) in [6.45, 7) is 5.80. The number of nitrogens with one attached hydrogen (secondary N) is 1. The van der Waals surface area contributed by atoms with Crippen molar-refractivity contribution < 1.29 is 34.3 Å². The van der Waals surface area contributed by atoms with Crippen molar-refractivity contribution >= 4 is 23.3 Å². The number of carbonyl (C=O) groups excluding carboxylic acids is 1. The van der Waals surface area contributed by atoms with E-state index < -0.39 is 30.7 Å². The SMILES string of the molecule is CCC12CC(Cl)=C(C1)N=C2N1CCC(CCCOc2ccc(CC(=O)N3CC(CNC[C@H](O)[C@@H](O)[C@H](O)CO)C3)c(F)c2)CC1. The Morgan fingerprint density at radius 2 is 1.93 bits per heavy atom. The van der Waals surface area contributed by atoms with Gasteiger partial charge in [-0.05, 0) is 56.1 Å². The molecule has 1 amide bonds. The van der Waals surface area contributed by atoms with Crippen LogP contribution in [0.5, 0.6) is 5.75 Å². The van der Waals surface area contributed by atoms with Crippen molar-refractivity contribution in [3.8, 4) is 5.75 Å². The number of piperidine rings is 1. The molecule has 0 spiro atoms. The highest BCUT2D eigenvalue weighted by molar-refractivity contribution is 6.31. The first-order chi connectivity index (χ1) is 21.6. The standard InChI is InChI=1S/C33H48ClFN4O6/c1-2-33-14-25(34)27(15-33)37-32(33)38-9-7-21(8-10-38)4-3-11-45-24-6-5-23(26(35)13-24)12-30(43)39-18-22(19-39)16-36-17-28(41)31(44)29(42)20-40/h5-6,13,21-22,28-29,31,36,40-42,44H,2-4,7-12,14-20H2,1H3/t28-,29+,31+,33?/m0/s1. The van der Waals surface area contributed by atoms with Crippen LogP contribution in [0.4, 0.5) is 4.39 Å². The zero-order valence-corrected chi connectivity index (χ0v) is 26.9. The maximum Gasteiger partial charge on any atom is 0.227 e. The molecule has 4 atom stereocenters. The first-order valence-electron chi connectivity index (χ1n) is 16.4.